The van der Waals surface area contributed by atoms with Crippen LogP contribution in [-0.4, -0.2) is 42.0 Å². The second kappa shape index (κ2) is 8.22. The number of aromatic nitrogens is 4. The number of hydrogen-bond donors (Lipinski definition) is 2. The largest absolute Gasteiger partial charge is 0.478 e. The number of aryl methyl sites for hydroxylation is 1. The van der Waals surface area contributed by atoms with Crippen molar-refractivity contribution in [2.24, 2.45) is 0 Å². The Bertz CT molecular complexity index is 1190. The van der Waals surface area contributed by atoms with Crippen LogP contribution in [0.3, 0.4) is 0 Å². The molecule has 0 radical (unpaired) electrons. The Balaban J connectivity index is 1.56. The molecule has 1 aromatic carbocycles. The maximum Gasteiger partial charge on any atom is 0.338 e. The summed E-state index contributed by atoms with van der Waals surface area (Å²) >= 11 is 0. The molecule has 33 heavy (non-hydrogen) atoms. The number of aromatic carboxylic acids is 1. The minimum absolute atomic E-state index is 0.199. The first kappa shape index (κ1) is 22.8. The van der Waals surface area contributed by atoms with Gasteiger partial charge >= 0.3 is 5.97 Å². The van der Waals surface area contributed by atoms with E-state index >= 15 is 0 Å². The van der Waals surface area contributed by atoms with Crippen molar-refractivity contribution in [1.82, 2.24) is 19.7 Å². The maximum absolute atomic E-state index is 14.2. The molecule has 0 aliphatic carbocycles. The fourth-order valence-electron chi connectivity index (χ4n) is 4.59. The summed E-state index contributed by atoms with van der Waals surface area (Å²) in [6, 6.07) is 4.15. The van der Waals surface area contributed by atoms with Crippen LogP contribution in [0.25, 0.3) is 11.3 Å². The van der Waals surface area contributed by atoms with Gasteiger partial charge in [-0.15, -0.1) is 0 Å². The monoisotopic (exact) mass is 453 g/mol. The van der Waals surface area contributed by atoms with E-state index in [2.05, 4.69) is 48.1 Å². The third-order valence-electron chi connectivity index (χ3n) is 5.68. The highest BCUT2D eigenvalue weighted by Crippen LogP contribution is 2.40. The standard InChI is InChI=1S/C24H28FN5O3/c1-14-11-26-22(29-20(14)15-6-7-18(21(31)32)19(25)8-15)28-16-12-27-30(13-16)17-9-23(2,3)33-24(4,5)10-17/h6-8,11-13,17H,9-10H2,1-5H3,(H,31,32)(H,26,28,29). The van der Waals surface area contributed by atoms with Gasteiger partial charge in [-0.1, -0.05) is 6.07 Å². The third kappa shape index (κ3) is 5.03. The number of nitrogens with one attached hydrogen (secondary N) is 1. The zero-order chi connectivity index (χ0) is 24.0. The van der Waals surface area contributed by atoms with E-state index in [9.17, 15) is 9.18 Å². The Hall–Kier alpha value is -3.33. The van der Waals surface area contributed by atoms with Crippen LogP contribution >= 0.6 is 0 Å². The summed E-state index contributed by atoms with van der Waals surface area (Å²) in [5.74, 6) is -1.78. The molecule has 0 bridgehead atoms. The summed E-state index contributed by atoms with van der Waals surface area (Å²) in [5.41, 5.74) is 1.60. The van der Waals surface area contributed by atoms with Crippen LogP contribution in [-0.2, 0) is 4.74 Å². The summed E-state index contributed by atoms with van der Waals surface area (Å²) in [6.45, 7) is 10.2. The molecule has 1 aliphatic heterocycles. The van der Waals surface area contributed by atoms with E-state index in [4.69, 9.17) is 9.84 Å². The molecule has 0 amide bonds. The molecular formula is C24H28FN5O3. The number of carboxylic acid groups (broad SMARTS) is 1. The maximum atomic E-state index is 14.2. The number of carboxylic acids is 1. The van der Waals surface area contributed by atoms with Crippen molar-refractivity contribution in [1.29, 1.82) is 0 Å². The van der Waals surface area contributed by atoms with E-state index in [0.29, 0.717) is 17.2 Å². The zero-order valence-corrected chi connectivity index (χ0v) is 19.4. The topological polar surface area (TPSA) is 102 Å². The normalized spacial score (nSPS) is 17.6. The molecule has 1 aliphatic rings. The average Bonchev–Trinajstić information content (AvgIpc) is 3.15. The summed E-state index contributed by atoms with van der Waals surface area (Å²) < 4.78 is 22.3. The fraction of sp³-hybridized carbons (Fsp3) is 0.417. The van der Waals surface area contributed by atoms with E-state index in [1.807, 2.05) is 17.8 Å². The lowest BCUT2D eigenvalue weighted by Gasteiger charge is -2.45. The van der Waals surface area contributed by atoms with Gasteiger partial charge in [0.15, 0.2) is 0 Å². The first-order valence-corrected chi connectivity index (χ1v) is 10.8. The van der Waals surface area contributed by atoms with Crippen LogP contribution in [0.15, 0.2) is 36.8 Å². The molecular weight excluding hydrogens is 425 g/mol. The first-order valence-electron chi connectivity index (χ1n) is 10.8. The highest BCUT2D eigenvalue weighted by atomic mass is 19.1. The van der Waals surface area contributed by atoms with Crippen molar-refractivity contribution in [3.63, 3.8) is 0 Å². The molecule has 0 unspecified atom stereocenters. The lowest BCUT2D eigenvalue weighted by molar-refractivity contribution is -0.170. The minimum atomic E-state index is -1.31. The highest BCUT2D eigenvalue weighted by Gasteiger charge is 2.40. The quantitative estimate of drug-likeness (QED) is 0.551. The van der Waals surface area contributed by atoms with Crippen molar-refractivity contribution in [2.45, 2.75) is 64.7 Å². The predicted octanol–water partition coefficient (Wildman–Crippen LogP) is 5.14. The summed E-state index contributed by atoms with van der Waals surface area (Å²) in [4.78, 5) is 19.9. The fourth-order valence-corrected chi connectivity index (χ4v) is 4.59. The van der Waals surface area contributed by atoms with Gasteiger partial charge in [0.1, 0.15) is 5.82 Å². The van der Waals surface area contributed by atoms with E-state index in [-0.39, 0.29) is 22.8 Å². The SMILES string of the molecule is Cc1cnc(Nc2cnn(C3CC(C)(C)OC(C)(C)C3)c2)nc1-c1ccc(C(=O)O)c(F)c1. The number of hydrogen-bond acceptors (Lipinski definition) is 6. The Kier molecular flexibility index (Phi) is 5.69. The second-order valence-electron chi connectivity index (χ2n) is 9.74. The van der Waals surface area contributed by atoms with Gasteiger partial charge in [0, 0.05) is 18.0 Å². The van der Waals surface area contributed by atoms with Crippen LogP contribution in [0.1, 0.15) is 62.5 Å². The first-order chi connectivity index (χ1) is 15.4. The van der Waals surface area contributed by atoms with Crippen molar-refractivity contribution in [2.75, 3.05) is 5.32 Å². The van der Waals surface area contributed by atoms with Crippen LogP contribution < -0.4 is 5.32 Å². The smallest absolute Gasteiger partial charge is 0.338 e. The molecule has 1 fully saturated rings. The van der Waals surface area contributed by atoms with E-state index in [1.54, 1.807) is 18.5 Å². The van der Waals surface area contributed by atoms with Gasteiger partial charge in [0.2, 0.25) is 5.95 Å². The Morgan fingerprint density at radius 3 is 2.55 bits per heavy atom. The molecule has 2 aromatic heterocycles. The summed E-state index contributed by atoms with van der Waals surface area (Å²) in [5, 5.41) is 16.8. The number of nitrogens with zero attached hydrogens (tertiary/aromatic N) is 4. The van der Waals surface area contributed by atoms with Crippen molar-refractivity contribution < 1.29 is 19.0 Å². The molecule has 0 atom stereocenters. The van der Waals surface area contributed by atoms with E-state index in [0.717, 1.165) is 24.1 Å². The van der Waals surface area contributed by atoms with Gasteiger partial charge in [-0.2, -0.15) is 5.10 Å². The molecule has 9 heteroatoms. The molecule has 1 saturated heterocycles. The van der Waals surface area contributed by atoms with Gasteiger partial charge in [-0.05, 0) is 65.2 Å². The molecule has 0 spiro atoms. The third-order valence-corrected chi connectivity index (χ3v) is 5.68. The number of carbonyl (C=O) groups is 1. The number of benzene rings is 1. The number of anilines is 2. The number of rotatable bonds is 5. The molecule has 2 N–H and O–H groups in total. The van der Waals surface area contributed by atoms with Crippen LogP contribution in [0.5, 0.6) is 0 Å². The summed E-state index contributed by atoms with van der Waals surface area (Å²) in [6.07, 6.45) is 6.98. The zero-order valence-electron chi connectivity index (χ0n) is 19.4. The number of halogens is 1. The second-order valence-corrected chi connectivity index (χ2v) is 9.74. The van der Waals surface area contributed by atoms with Crippen molar-refractivity contribution >= 4 is 17.6 Å². The van der Waals surface area contributed by atoms with Crippen molar-refractivity contribution in [3.05, 3.63) is 53.7 Å². The molecule has 174 valence electrons. The van der Waals surface area contributed by atoms with Gasteiger partial charge in [0.25, 0.3) is 0 Å². The van der Waals surface area contributed by atoms with Gasteiger partial charge in [0.05, 0.1) is 40.4 Å². The average molecular weight is 454 g/mol. The Morgan fingerprint density at radius 1 is 1.21 bits per heavy atom. The number of ether oxygens (including phenoxy) is 1. The van der Waals surface area contributed by atoms with Gasteiger partial charge in [-0.3, -0.25) is 4.68 Å². The molecule has 3 aromatic rings. The van der Waals surface area contributed by atoms with Gasteiger partial charge < -0.3 is 15.2 Å². The minimum Gasteiger partial charge on any atom is -0.478 e. The lowest BCUT2D eigenvalue weighted by Crippen LogP contribution is -2.45. The van der Waals surface area contributed by atoms with Crippen LogP contribution in [0.4, 0.5) is 16.0 Å². The lowest BCUT2D eigenvalue weighted by atomic mass is 9.85. The summed E-state index contributed by atoms with van der Waals surface area (Å²) in [7, 11) is 0. The van der Waals surface area contributed by atoms with Crippen LogP contribution in [0, 0.1) is 12.7 Å². The molecule has 4 rings (SSSR count). The molecule has 8 nitrogen and oxygen atoms in total. The Labute approximate surface area is 191 Å². The van der Waals surface area contributed by atoms with E-state index in [1.165, 1.54) is 12.1 Å². The van der Waals surface area contributed by atoms with Crippen LogP contribution in [0.2, 0.25) is 0 Å². The molecule has 0 saturated carbocycles. The van der Waals surface area contributed by atoms with Gasteiger partial charge in [-0.25, -0.2) is 19.2 Å². The van der Waals surface area contributed by atoms with Crippen molar-refractivity contribution in [3.8, 4) is 11.3 Å². The molecule has 3 heterocycles. The highest BCUT2D eigenvalue weighted by molar-refractivity contribution is 5.88. The Morgan fingerprint density at radius 2 is 1.91 bits per heavy atom. The van der Waals surface area contributed by atoms with E-state index < -0.39 is 11.8 Å². The predicted molar refractivity (Wildman–Crippen MR) is 122 cm³/mol.